The molecule has 0 aliphatic carbocycles. The fourth-order valence-electron chi connectivity index (χ4n) is 4.34. The average Bonchev–Trinajstić information content (AvgIpc) is 3.38. The molecule has 2 aromatic carbocycles. The second-order valence-electron chi connectivity index (χ2n) is 8.53. The van der Waals surface area contributed by atoms with E-state index in [-0.39, 0.29) is 18.2 Å². The van der Waals surface area contributed by atoms with Gasteiger partial charge in [-0.2, -0.15) is 5.10 Å². The monoisotopic (exact) mass is 462 g/mol. The van der Waals surface area contributed by atoms with Crippen molar-refractivity contribution in [1.82, 2.24) is 14.7 Å². The van der Waals surface area contributed by atoms with Crippen LogP contribution in [-0.2, 0) is 16.0 Å². The Morgan fingerprint density at radius 1 is 1.09 bits per heavy atom. The van der Waals surface area contributed by atoms with Crippen molar-refractivity contribution in [3.63, 3.8) is 0 Å². The van der Waals surface area contributed by atoms with Gasteiger partial charge in [-0.05, 0) is 56.2 Å². The normalized spacial score (nSPS) is 15.5. The summed E-state index contributed by atoms with van der Waals surface area (Å²) in [5, 5.41) is 7.55. The minimum atomic E-state index is -0.397. The molecule has 2 heterocycles. The lowest BCUT2D eigenvalue weighted by molar-refractivity contribution is -0.128. The largest absolute Gasteiger partial charge is 0.493 e. The van der Waals surface area contributed by atoms with Crippen LogP contribution in [0, 0.1) is 19.8 Å². The van der Waals surface area contributed by atoms with Gasteiger partial charge < -0.3 is 19.7 Å². The van der Waals surface area contributed by atoms with Crippen molar-refractivity contribution in [3.05, 3.63) is 65.5 Å². The van der Waals surface area contributed by atoms with Crippen molar-refractivity contribution in [3.8, 4) is 17.2 Å². The Labute approximate surface area is 199 Å². The molecule has 8 heteroatoms. The number of hydrogen-bond acceptors (Lipinski definition) is 5. The highest BCUT2D eigenvalue weighted by Crippen LogP contribution is 2.29. The maximum Gasteiger partial charge on any atom is 0.229 e. The van der Waals surface area contributed by atoms with Gasteiger partial charge in [0.2, 0.25) is 11.8 Å². The van der Waals surface area contributed by atoms with Crippen molar-refractivity contribution < 1.29 is 19.1 Å². The van der Waals surface area contributed by atoms with E-state index in [1.807, 2.05) is 67.1 Å². The minimum absolute atomic E-state index is 0.00698. The Morgan fingerprint density at radius 2 is 1.85 bits per heavy atom. The molecule has 1 atom stereocenters. The number of nitrogens with one attached hydrogen (secondary N) is 1. The summed E-state index contributed by atoms with van der Waals surface area (Å²) in [5.41, 5.74) is 4.41. The Hall–Kier alpha value is -3.81. The molecule has 8 nitrogen and oxygen atoms in total. The molecule has 0 bridgehead atoms. The van der Waals surface area contributed by atoms with Gasteiger partial charge in [0.15, 0.2) is 11.5 Å². The Morgan fingerprint density at radius 3 is 2.56 bits per heavy atom. The van der Waals surface area contributed by atoms with Gasteiger partial charge >= 0.3 is 0 Å². The van der Waals surface area contributed by atoms with Crippen LogP contribution in [0.2, 0.25) is 0 Å². The molecule has 178 valence electrons. The van der Waals surface area contributed by atoms with Gasteiger partial charge in [-0.25, -0.2) is 4.68 Å². The van der Waals surface area contributed by atoms with Gasteiger partial charge in [0.25, 0.3) is 0 Å². The number of rotatable bonds is 8. The summed E-state index contributed by atoms with van der Waals surface area (Å²) in [6, 6.07) is 15.3. The Balaban J connectivity index is 1.40. The van der Waals surface area contributed by atoms with Gasteiger partial charge in [-0.1, -0.05) is 18.2 Å². The zero-order valence-corrected chi connectivity index (χ0v) is 20.0. The third kappa shape index (κ3) is 4.90. The van der Waals surface area contributed by atoms with E-state index < -0.39 is 5.92 Å². The quantitative estimate of drug-likeness (QED) is 0.554. The number of ether oxygens (including phenoxy) is 2. The number of carbonyl (C=O) groups is 2. The molecule has 4 rings (SSSR count). The number of hydrogen-bond donors (Lipinski definition) is 1. The highest BCUT2D eigenvalue weighted by atomic mass is 16.5. The summed E-state index contributed by atoms with van der Waals surface area (Å²) in [5.74, 6) is 0.766. The number of aromatic nitrogens is 2. The van der Waals surface area contributed by atoms with Crippen LogP contribution in [0.3, 0.4) is 0 Å². The maximum atomic E-state index is 13.1. The lowest BCUT2D eigenvalue weighted by Crippen LogP contribution is -2.30. The first kappa shape index (κ1) is 23.4. The zero-order valence-electron chi connectivity index (χ0n) is 20.0. The van der Waals surface area contributed by atoms with E-state index in [0.29, 0.717) is 36.7 Å². The molecule has 0 spiro atoms. The van der Waals surface area contributed by atoms with E-state index in [2.05, 4.69) is 10.4 Å². The fourth-order valence-corrected chi connectivity index (χ4v) is 4.34. The van der Waals surface area contributed by atoms with Gasteiger partial charge in [0, 0.05) is 25.2 Å². The lowest BCUT2D eigenvalue weighted by atomic mass is 10.1. The highest BCUT2D eigenvalue weighted by Gasteiger charge is 2.34. The third-order valence-electron chi connectivity index (χ3n) is 6.10. The van der Waals surface area contributed by atoms with Crippen molar-refractivity contribution in [2.75, 3.05) is 32.6 Å². The number of aryl methyl sites for hydroxylation is 2. The van der Waals surface area contributed by atoms with Crippen LogP contribution >= 0.6 is 0 Å². The summed E-state index contributed by atoms with van der Waals surface area (Å²) in [6.07, 6.45) is 0.876. The first-order valence-electron chi connectivity index (χ1n) is 11.3. The maximum absolute atomic E-state index is 13.1. The predicted molar refractivity (Wildman–Crippen MR) is 130 cm³/mol. The molecule has 1 unspecified atom stereocenters. The van der Waals surface area contributed by atoms with E-state index in [1.165, 1.54) is 0 Å². The van der Waals surface area contributed by atoms with Crippen molar-refractivity contribution in [1.29, 1.82) is 0 Å². The molecular weight excluding hydrogens is 432 g/mol. The SMILES string of the molecule is COc1ccc(CCN2CC(C(=O)Nc3ccccc3-n3nc(C)cc3C)CC2=O)cc1OC. The molecule has 1 fully saturated rings. The Bertz CT molecular complexity index is 1200. The van der Waals surface area contributed by atoms with E-state index in [9.17, 15) is 9.59 Å². The van der Waals surface area contributed by atoms with Crippen LogP contribution in [0.5, 0.6) is 11.5 Å². The summed E-state index contributed by atoms with van der Waals surface area (Å²) in [6.45, 7) is 4.86. The van der Waals surface area contributed by atoms with E-state index in [1.54, 1.807) is 19.1 Å². The summed E-state index contributed by atoms with van der Waals surface area (Å²) >= 11 is 0. The van der Waals surface area contributed by atoms with E-state index in [0.717, 1.165) is 22.6 Å². The third-order valence-corrected chi connectivity index (χ3v) is 6.10. The topological polar surface area (TPSA) is 85.7 Å². The lowest BCUT2D eigenvalue weighted by Gasteiger charge is -2.18. The number of anilines is 1. The first-order valence-corrected chi connectivity index (χ1v) is 11.3. The van der Waals surface area contributed by atoms with Gasteiger partial charge in [0.05, 0.1) is 37.2 Å². The average molecular weight is 463 g/mol. The number of amides is 2. The highest BCUT2D eigenvalue weighted by molar-refractivity contribution is 5.98. The summed E-state index contributed by atoms with van der Waals surface area (Å²) in [4.78, 5) is 27.4. The van der Waals surface area contributed by atoms with Crippen molar-refractivity contribution in [2.45, 2.75) is 26.7 Å². The number of nitrogens with zero attached hydrogens (tertiary/aromatic N) is 3. The summed E-state index contributed by atoms with van der Waals surface area (Å²) < 4.78 is 12.5. The molecule has 0 radical (unpaired) electrons. The van der Waals surface area contributed by atoms with E-state index >= 15 is 0 Å². The first-order chi connectivity index (χ1) is 16.4. The van der Waals surface area contributed by atoms with Crippen molar-refractivity contribution in [2.24, 2.45) is 5.92 Å². The molecule has 1 aliphatic heterocycles. The van der Waals surface area contributed by atoms with Crippen LogP contribution in [-0.4, -0.2) is 53.8 Å². The minimum Gasteiger partial charge on any atom is -0.493 e. The molecule has 3 aromatic rings. The predicted octanol–water partition coefficient (Wildman–Crippen LogP) is 3.54. The number of para-hydroxylation sites is 2. The Kier molecular flexibility index (Phi) is 6.86. The summed E-state index contributed by atoms with van der Waals surface area (Å²) in [7, 11) is 3.20. The van der Waals surface area contributed by atoms with Crippen LogP contribution in [0.25, 0.3) is 5.69 Å². The van der Waals surface area contributed by atoms with Crippen LogP contribution in [0.15, 0.2) is 48.5 Å². The molecule has 34 heavy (non-hydrogen) atoms. The van der Waals surface area contributed by atoms with Gasteiger partial charge in [-0.3, -0.25) is 9.59 Å². The number of likely N-dealkylation sites (tertiary alicyclic amines) is 1. The fraction of sp³-hybridized carbons (Fsp3) is 0.346. The standard InChI is InChI=1S/C26H30N4O4/c1-17-13-18(2)30(28-17)22-8-6-5-7-21(22)27-26(32)20-15-25(31)29(16-20)12-11-19-9-10-23(33-3)24(14-19)34-4/h5-10,13-14,20H,11-12,15-16H2,1-4H3,(H,27,32). The molecule has 1 aromatic heterocycles. The van der Waals surface area contributed by atoms with E-state index in [4.69, 9.17) is 9.47 Å². The van der Waals surface area contributed by atoms with Crippen LogP contribution in [0.1, 0.15) is 23.4 Å². The number of benzene rings is 2. The van der Waals surface area contributed by atoms with Gasteiger partial charge in [-0.15, -0.1) is 0 Å². The molecule has 2 amide bonds. The molecular formula is C26H30N4O4. The molecule has 1 N–H and O–H groups in total. The van der Waals surface area contributed by atoms with Gasteiger partial charge in [0.1, 0.15) is 0 Å². The van der Waals surface area contributed by atoms with Crippen LogP contribution in [0.4, 0.5) is 5.69 Å². The van der Waals surface area contributed by atoms with Crippen molar-refractivity contribution >= 4 is 17.5 Å². The zero-order chi connectivity index (χ0) is 24.2. The molecule has 0 saturated carbocycles. The molecule has 1 saturated heterocycles. The number of methoxy groups -OCH3 is 2. The van der Waals surface area contributed by atoms with Crippen LogP contribution < -0.4 is 14.8 Å². The smallest absolute Gasteiger partial charge is 0.229 e. The molecule has 1 aliphatic rings. The second-order valence-corrected chi connectivity index (χ2v) is 8.53. The number of carbonyl (C=O) groups excluding carboxylic acids is 2. The second kappa shape index (κ2) is 9.99.